The summed E-state index contributed by atoms with van der Waals surface area (Å²) < 4.78 is 10.5. The molecule has 6 heteroatoms. The molecule has 134 valence electrons. The lowest BCUT2D eigenvalue weighted by Gasteiger charge is -2.18. The van der Waals surface area contributed by atoms with Gasteiger partial charge in [-0.2, -0.15) is 0 Å². The second-order valence-electron chi connectivity index (χ2n) is 5.73. The van der Waals surface area contributed by atoms with E-state index in [9.17, 15) is 4.79 Å². The highest BCUT2D eigenvalue weighted by Gasteiger charge is 2.08. The van der Waals surface area contributed by atoms with Crippen LogP contribution in [0.3, 0.4) is 0 Å². The number of hydrogen-bond acceptors (Lipinski definition) is 4. The first-order valence-electron chi connectivity index (χ1n) is 8.07. The lowest BCUT2D eigenvalue weighted by atomic mass is 10.1. The summed E-state index contributed by atoms with van der Waals surface area (Å²) in [5.74, 6) is 1.38. The van der Waals surface area contributed by atoms with Gasteiger partial charge in [-0.3, -0.25) is 0 Å². The summed E-state index contributed by atoms with van der Waals surface area (Å²) in [6, 6.07) is 13.2. The summed E-state index contributed by atoms with van der Waals surface area (Å²) in [7, 11) is 7.09. The number of amides is 2. The van der Waals surface area contributed by atoms with Crippen molar-refractivity contribution in [2.75, 3.05) is 45.1 Å². The van der Waals surface area contributed by atoms with Gasteiger partial charge < -0.3 is 25.0 Å². The maximum atomic E-state index is 12.1. The van der Waals surface area contributed by atoms with Gasteiger partial charge in [0.05, 0.1) is 25.6 Å². The molecule has 0 spiro atoms. The van der Waals surface area contributed by atoms with Crippen molar-refractivity contribution < 1.29 is 14.3 Å². The number of para-hydroxylation sites is 2. The minimum atomic E-state index is -0.227. The van der Waals surface area contributed by atoms with Gasteiger partial charge in [-0.1, -0.05) is 18.2 Å². The van der Waals surface area contributed by atoms with E-state index in [4.69, 9.17) is 9.47 Å². The summed E-state index contributed by atoms with van der Waals surface area (Å²) in [5.41, 5.74) is 2.79. The first kappa shape index (κ1) is 18.4. The second kappa shape index (κ2) is 8.82. The van der Waals surface area contributed by atoms with E-state index < -0.39 is 0 Å². The second-order valence-corrected chi connectivity index (χ2v) is 5.73. The highest BCUT2D eigenvalue weighted by molar-refractivity contribution is 5.93. The predicted octanol–water partition coefficient (Wildman–Crippen LogP) is 3.13. The predicted molar refractivity (Wildman–Crippen MR) is 101 cm³/mol. The molecule has 0 radical (unpaired) electrons. The highest BCUT2D eigenvalue weighted by Crippen LogP contribution is 2.27. The number of anilines is 2. The van der Waals surface area contributed by atoms with Gasteiger partial charge in [0.25, 0.3) is 0 Å². The molecule has 0 aliphatic rings. The summed E-state index contributed by atoms with van der Waals surface area (Å²) in [6.45, 7) is 0.519. The summed E-state index contributed by atoms with van der Waals surface area (Å²) >= 11 is 0. The van der Waals surface area contributed by atoms with Gasteiger partial charge >= 0.3 is 6.03 Å². The van der Waals surface area contributed by atoms with E-state index in [1.54, 1.807) is 14.2 Å². The third-order valence-corrected chi connectivity index (χ3v) is 3.78. The van der Waals surface area contributed by atoms with Gasteiger partial charge in [-0.15, -0.1) is 0 Å². The number of carbonyl (C=O) groups is 1. The van der Waals surface area contributed by atoms with Crippen LogP contribution < -0.4 is 25.0 Å². The van der Waals surface area contributed by atoms with E-state index in [0.29, 0.717) is 24.5 Å². The number of nitrogens with one attached hydrogen (secondary N) is 2. The van der Waals surface area contributed by atoms with Crippen molar-refractivity contribution in [1.29, 1.82) is 0 Å². The molecule has 0 bridgehead atoms. The van der Waals surface area contributed by atoms with Gasteiger partial charge in [0.1, 0.15) is 0 Å². The normalized spacial score (nSPS) is 10.1. The molecule has 0 fully saturated rings. The molecule has 0 saturated carbocycles. The van der Waals surface area contributed by atoms with Crippen LogP contribution in [0.15, 0.2) is 42.5 Å². The SMILES string of the molecule is COc1ccc(CCNC(=O)Nc2ccccc2N(C)C)cc1OC. The minimum Gasteiger partial charge on any atom is -0.493 e. The van der Waals surface area contributed by atoms with Crippen LogP contribution in [0, 0.1) is 0 Å². The zero-order valence-corrected chi connectivity index (χ0v) is 15.1. The number of urea groups is 1. The van der Waals surface area contributed by atoms with E-state index in [0.717, 1.165) is 16.9 Å². The third kappa shape index (κ3) is 5.04. The first-order valence-corrected chi connectivity index (χ1v) is 8.07. The molecule has 0 aromatic heterocycles. The Bertz CT molecular complexity index is 717. The van der Waals surface area contributed by atoms with Gasteiger partial charge in [-0.05, 0) is 36.2 Å². The van der Waals surface area contributed by atoms with Crippen molar-refractivity contribution in [3.63, 3.8) is 0 Å². The fourth-order valence-electron chi connectivity index (χ4n) is 2.49. The largest absolute Gasteiger partial charge is 0.493 e. The van der Waals surface area contributed by atoms with Crippen LogP contribution in [0.5, 0.6) is 11.5 Å². The Morgan fingerprint density at radius 1 is 1.04 bits per heavy atom. The molecule has 25 heavy (non-hydrogen) atoms. The molecule has 2 amide bonds. The molecule has 0 saturated heterocycles. The van der Waals surface area contributed by atoms with Gasteiger partial charge in [-0.25, -0.2) is 4.79 Å². The number of carbonyl (C=O) groups excluding carboxylic acids is 1. The lowest BCUT2D eigenvalue weighted by Crippen LogP contribution is -2.31. The quantitative estimate of drug-likeness (QED) is 0.811. The van der Waals surface area contributed by atoms with Crippen molar-refractivity contribution in [3.8, 4) is 11.5 Å². The van der Waals surface area contributed by atoms with E-state index in [1.807, 2.05) is 61.5 Å². The van der Waals surface area contributed by atoms with Crippen LogP contribution in [0.2, 0.25) is 0 Å². The van der Waals surface area contributed by atoms with E-state index in [1.165, 1.54) is 0 Å². The topological polar surface area (TPSA) is 62.8 Å². The summed E-state index contributed by atoms with van der Waals surface area (Å²) in [6.07, 6.45) is 0.698. The fourth-order valence-corrected chi connectivity index (χ4v) is 2.49. The Morgan fingerprint density at radius 2 is 1.76 bits per heavy atom. The molecular weight excluding hydrogens is 318 g/mol. The summed E-state index contributed by atoms with van der Waals surface area (Å²) in [5, 5.41) is 5.75. The standard InChI is InChI=1S/C19H25N3O3/c1-22(2)16-8-6-5-7-15(16)21-19(23)20-12-11-14-9-10-17(24-3)18(13-14)25-4/h5-10,13H,11-12H2,1-4H3,(H2,20,21,23). The highest BCUT2D eigenvalue weighted by atomic mass is 16.5. The molecule has 0 atom stereocenters. The average Bonchev–Trinajstić information content (AvgIpc) is 2.61. The Labute approximate surface area is 148 Å². The van der Waals surface area contributed by atoms with Gasteiger partial charge in [0.15, 0.2) is 11.5 Å². The van der Waals surface area contributed by atoms with Crippen molar-refractivity contribution >= 4 is 17.4 Å². The number of rotatable bonds is 7. The molecule has 2 aromatic rings. The molecule has 0 aliphatic carbocycles. The molecule has 0 aliphatic heterocycles. The van der Waals surface area contributed by atoms with Crippen LogP contribution in [-0.2, 0) is 6.42 Å². The number of ether oxygens (including phenoxy) is 2. The molecule has 2 aromatic carbocycles. The van der Waals surface area contributed by atoms with Crippen molar-refractivity contribution in [3.05, 3.63) is 48.0 Å². The Morgan fingerprint density at radius 3 is 2.44 bits per heavy atom. The zero-order valence-electron chi connectivity index (χ0n) is 15.1. The van der Waals surface area contributed by atoms with Crippen LogP contribution >= 0.6 is 0 Å². The minimum absolute atomic E-state index is 0.227. The number of hydrogen-bond donors (Lipinski definition) is 2. The van der Waals surface area contributed by atoms with Crippen molar-refractivity contribution in [2.24, 2.45) is 0 Å². The monoisotopic (exact) mass is 343 g/mol. The van der Waals surface area contributed by atoms with Gasteiger partial charge in [0.2, 0.25) is 0 Å². The Hall–Kier alpha value is -2.89. The molecule has 2 N–H and O–H groups in total. The number of methoxy groups -OCH3 is 2. The lowest BCUT2D eigenvalue weighted by molar-refractivity contribution is 0.252. The molecule has 2 rings (SSSR count). The third-order valence-electron chi connectivity index (χ3n) is 3.78. The molecule has 6 nitrogen and oxygen atoms in total. The van der Waals surface area contributed by atoms with E-state index >= 15 is 0 Å². The molecule has 0 unspecified atom stereocenters. The zero-order chi connectivity index (χ0) is 18.2. The first-order chi connectivity index (χ1) is 12.0. The molecule has 0 heterocycles. The fraction of sp³-hybridized carbons (Fsp3) is 0.316. The van der Waals surface area contributed by atoms with E-state index in [2.05, 4.69) is 10.6 Å². The van der Waals surface area contributed by atoms with Crippen molar-refractivity contribution in [2.45, 2.75) is 6.42 Å². The molecular formula is C19H25N3O3. The van der Waals surface area contributed by atoms with Crippen LogP contribution in [0.1, 0.15) is 5.56 Å². The van der Waals surface area contributed by atoms with Gasteiger partial charge in [0, 0.05) is 20.6 Å². The Balaban J connectivity index is 1.89. The van der Waals surface area contributed by atoms with Crippen LogP contribution in [-0.4, -0.2) is 40.9 Å². The smallest absolute Gasteiger partial charge is 0.319 e. The summed E-state index contributed by atoms with van der Waals surface area (Å²) in [4.78, 5) is 14.1. The number of benzene rings is 2. The maximum absolute atomic E-state index is 12.1. The van der Waals surface area contributed by atoms with Crippen LogP contribution in [0.25, 0.3) is 0 Å². The average molecular weight is 343 g/mol. The maximum Gasteiger partial charge on any atom is 0.319 e. The Kier molecular flexibility index (Phi) is 6.51. The van der Waals surface area contributed by atoms with E-state index in [-0.39, 0.29) is 6.03 Å². The number of nitrogens with zero attached hydrogens (tertiary/aromatic N) is 1. The van der Waals surface area contributed by atoms with Crippen molar-refractivity contribution in [1.82, 2.24) is 5.32 Å². The van der Waals surface area contributed by atoms with Crippen LogP contribution in [0.4, 0.5) is 16.2 Å².